The summed E-state index contributed by atoms with van der Waals surface area (Å²) in [5, 5.41) is 3.68. The molecule has 2 heteroatoms. The molecule has 1 N–H and O–H groups in total. The van der Waals surface area contributed by atoms with Gasteiger partial charge in [0.15, 0.2) is 0 Å². The van der Waals surface area contributed by atoms with E-state index in [2.05, 4.69) is 44.3 Å². The van der Waals surface area contributed by atoms with E-state index in [9.17, 15) is 0 Å². The second kappa shape index (κ2) is 6.35. The maximum absolute atomic E-state index is 5.42. The van der Waals surface area contributed by atoms with E-state index >= 15 is 0 Å². The van der Waals surface area contributed by atoms with Crippen molar-refractivity contribution in [3.05, 3.63) is 34.9 Å². The molecule has 1 fully saturated rings. The van der Waals surface area contributed by atoms with Crippen molar-refractivity contribution in [2.45, 2.75) is 46.2 Å². The molecule has 0 aliphatic carbocycles. The van der Waals surface area contributed by atoms with Crippen LogP contribution in [0.5, 0.6) is 0 Å². The molecule has 1 heterocycles. The molecule has 1 unspecified atom stereocenters. The van der Waals surface area contributed by atoms with E-state index < -0.39 is 0 Å². The van der Waals surface area contributed by atoms with Gasteiger partial charge in [0.05, 0.1) is 0 Å². The van der Waals surface area contributed by atoms with E-state index in [0.717, 1.165) is 25.7 Å². The van der Waals surface area contributed by atoms with Crippen LogP contribution >= 0.6 is 0 Å². The van der Waals surface area contributed by atoms with Crippen LogP contribution in [0, 0.1) is 19.8 Å². The summed E-state index contributed by atoms with van der Waals surface area (Å²) in [4.78, 5) is 0. The van der Waals surface area contributed by atoms with Gasteiger partial charge in [0.1, 0.15) is 0 Å². The molecule has 0 saturated carbocycles. The number of ether oxygens (including phenoxy) is 1. The fourth-order valence-corrected chi connectivity index (χ4v) is 2.66. The fourth-order valence-electron chi connectivity index (χ4n) is 2.66. The summed E-state index contributed by atoms with van der Waals surface area (Å²) in [5.74, 6) is 0.767. The highest BCUT2D eigenvalue weighted by atomic mass is 16.5. The van der Waals surface area contributed by atoms with Crippen molar-refractivity contribution < 1.29 is 4.74 Å². The highest BCUT2D eigenvalue weighted by Gasteiger charge is 2.19. The number of rotatable bonds is 4. The standard InChI is InChI=1S/C16H25NO/c1-12-5-4-6-16(13(12)2)11-17-14(3)15-7-9-18-10-8-15/h4-6,14-15,17H,7-11H2,1-3H3. The predicted octanol–water partition coefficient (Wildman–Crippen LogP) is 3.21. The molecule has 0 radical (unpaired) electrons. The van der Waals surface area contributed by atoms with E-state index in [1.54, 1.807) is 0 Å². The normalized spacial score (nSPS) is 18.8. The van der Waals surface area contributed by atoms with Crippen molar-refractivity contribution in [2.24, 2.45) is 5.92 Å². The highest BCUT2D eigenvalue weighted by Crippen LogP contribution is 2.19. The van der Waals surface area contributed by atoms with E-state index in [-0.39, 0.29) is 0 Å². The molecule has 1 aromatic rings. The Morgan fingerprint density at radius 2 is 2.00 bits per heavy atom. The van der Waals surface area contributed by atoms with Gasteiger partial charge in [0, 0.05) is 25.8 Å². The molecule has 1 aliphatic rings. The average Bonchev–Trinajstić information content (AvgIpc) is 2.41. The zero-order valence-corrected chi connectivity index (χ0v) is 11.8. The molecule has 18 heavy (non-hydrogen) atoms. The minimum Gasteiger partial charge on any atom is -0.381 e. The Kier molecular flexibility index (Phi) is 4.79. The fraction of sp³-hybridized carbons (Fsp3) is 0.625. The van der Waals surface area contributed by atoms with Crippen LogP contribution in [0.3, 0.4) is 0 Å². The van der Waals surface area contributed by atoms with Crippen molar-refractivity contribution in [3.63, 3.8) is 0 Å². The number of hydrogen-bond donors (Lipinski definition) is 1. The first-order chi connectivity index (χ1) is 8.68. The molecule has 0 bridgehead atoms. The van der Waals surface area contributed by atoms with Gasteiger partial charge in [-0.25, -0.2) is 0 Å². The van der Waals surface area contributed by atoms with Crippen molar-refractivity contribution in [1.29, 1.82) is 0 Å². The summed E-state index contributed by atoms with van der Waals surface area (Å²) in [5.41, 5.74) is 4.23. The van der Waals surface area contributed by atoms with Crippen LogP contribution < -0.4 is 5.32 Å². The van der Waals surface area contributed by atoms with E-state index in [4.69, 9.17) is 4.74 Å². The Bertz CT molecular complexity index is 383. The molecular formula is C16H25NO. The van der Waals surface area contributed by atoms with E-state index in [1.165, 1.54) is 29.5 Å². The van der Waals surface area contributed by atoms with Gasteiger partial charge >= 0.3 is 0 Å². The minimum atomic E-state index is 0.578. The molecule has 1 saturated heterocycles. The third-order valence-electron chi connectivity index (χ3n) is 4.30. The Hall–Kier alpha value is -0.860. The highest BCUT2D eigenvalue weighted by molar-refractivity contribution is 5.32. The quantitative estimate of drug-likeness (QED) is 0.882. The van der Waals surface area contributed by atoms with Gasteiger partial charge < -0.3 is 10.1 Å². The van der Waals surface area contributed by atoms with E-state index in [1.807, 2.05) is 0 Å². The zero-order valence-electron chi connectivity index (χ0n) is 11.8. The Balaban J connectivity index is 1.88. The van der Waals surface area contributed by atoms with Gasteiger partial charge in [0.2, 0.25) is 0 Å². The van der Waals surface area contributed by atoms with Gasteiger partial charge in [-0.05, 0) is 56.2 Å². The minimum absolute atomic E-state index is 0.578. The molecule has 1 atom stereocenters. The first-order valence-corrected chi connectivity index (χ1v) is 7.04. The number of benzene rings is 1. The molecule has 0 amide bonds. The zero-order chi connectivity index (χ0) is 13.0. The number of hydrogen-bond acceptors (Lipinski definition) is 2. The van der Waals surface area contributed by atoms with Gasteiger partial charge in [0.25, 0.3) is 0 Å². The van der Waals surface area contributed by atoms with Crippen molar-refractivity contribution in [2.75, 3.05) is 13.2 Å². The lowest BCUT2D eigenvalue weighted by molar-refractivity contribution is 0.0558. The van der Waals surface area contributed by atoms with Crippen LogP contribution in [0.15, 0.2) is 18.2 Å². The lowest BCUT2D eigenvalue weighted by atomic mass is 9.92. The molecule has 1 aliphatic heterocycles. The van der Waals surface area contributed by atoms with Crippen LogP contribution in [0.2, 0.25) is 0 Å². The summed E-state index contributed by atoms with van der Waals surface area (Å²) in [7, 11) is 0. The first kappa shape index (κ1) is 13.6. The summed E-state index contributed by atoms with van der Waals surface area (Å²) in [6, 6.07) is 7.14. The third-order valence-corrected chi connectivity index (χ3v) is 4.30. The van der Waals surface area contributed by atoms with Crippen molar-refractivity contribution in [3.8, 4) is 0 Å². The van der Waals surface area contributed by atoms with Crippen LogP contribution in [0.4, 0.5) is 0 Å². The molecule has 1 aromatic carbocycles. The Labute approximate surface area is 111 Å². The number of aryl methyl sites for hydroxylation is 1. The number of nitrogens with one attached hydrogen (secondary N) is 1. The summed E-state index contributed by atoms with van der Waals surface area (Å²) < 4.78 is 5.42. The summed E-state index contributed by atoms with van der Waals surface area (Å²) >= 11 is 0. The van der Waals surface area contributed by atoms with E-state index in [0.29, 0.717) is 6.04 Å². The molecule has 0 aromatic heterocycles. The smallest absolute Gasteiger partial charge is 0.0469 e. The maximum atomic E-state index is 5.42. The van der Waals surface area contributed by atoms with Gasteiger partial charge in [-0.3, -0.25) is 0 Å². The van der Waals surface area contributed by atoms with Crippen LogP contribution in [-0.4, -0.2) is 19.3 Å². The molecule has 100 valence electrons. The Morgan fingerprint density at radius 1 is 1.28 bits per heavy atom. The maximum Gasteiger partial charge on any atom is 0.0469 e. The van der Waals surface area contributed by atoms with Gasteiger partial charge in [-0.1, -0.05) is 18.2 Å². The molecule has 2 rings (SSSR count). The second-order valence-electron chi connectivity index (χ2n) is 5.48. The van der Waals surface area contributed by atoms with Crippen LogP contribution in [0.1, 0.15) is 36.5 Å². The molecule has 2 nitrogen and oxygen atoms in total. The largest absolute Gasteiger partial charge is 0.381 e. The monoisotopic (exact) mass is 247 g/mol. The molecule has 0 spiro atoms. The lowest BCUT2D eigenvalue weighted by Crippen LogP contribution is -2.36. The summed E-state index contributed by atoms with van der Waals surface area (Å²) in [6.45, 7) is 9.54. The van der Waals surface area contributed by atoms with Crippen molar-refractivity contribution in [1.82, 2.24) is 5.32 Å². The lowest BCUT2D eigenvalue weighted by Gasteiger charge is -2.28. The molecular weight excluding hydrogens is 222 g/mol. The second-order valence-corrected chi connectivity index (χ2v) is 5.48. The van der Waals surface area contributed by atoms with Gasteiger partial charge in [-0.15, -0.1) is 0 Å². The van der Waals surface area contributed by atoms with Crippen molar-refractivity contribution >= 4 is 0 Å². The third kappa shape index (κ3) is 3.33. The topological polar surface area (TPSA) is 21.3 Å². The average molecular weight is 247 g/mol. The summed E-state index contributed by atoms with van der Waals surface area (Å²) in [6.07, 6.45) is 2.39. The SMILES string of the molecule is Cc1cccc(CNC(C)C2CCOCC2)c1C. The Morgan fingerprint density at radius 3 is 2.72 bits per heavy atom. The predicted molar refractivity (Wildman–Crippen MR) is 75.8 cm³/mol. The van der Waals surface area contributed by atoms with Crippen LogP contribution in [0.25, 0.3) is 0 Å². The van der Waals surface area contributed by atoms with Crippen LogP contribution in [-0.2, 0) is 11.3 Å². The first-order valence-electron chi connectivity index (χ1n) is 7.04. The van der Waals surface area contributed by atoms with Gasteiger partial charge in [-0.2, -0.15) is 0 Å².